The van der Waals surface area contributed by atoms with Gasteiger partial charge in [0.2, 0.25) is 0 Å². The van der Waals surface area contributed by atoms with E-state index < -0.39 is 0 Å². The molecular weight excluding hydrogens is 348 g/mol. The van der Waals surface area contributed by atoms with Crippen LogP contribution >= 0.6 is 11.3 Å². The molecule has 26 heavy (non-hydrogen) atoms. The van der Waals surface area contributed by atoms with Gasteiger partial charge in [-0.1, -0.05) is 6.07 Å². The Labute approximate surface area is 156 Å². The zero-order chi connectivity index (χ0) is 18.7. The number of aryl methyl sites for hydroxylation is 2. The number of rotatable bonds is 6. The lowest BCUT2D eigenvalue weighted by Gasteiger charge is -2.15. The fourth-order valence-corrected chi connectivity index (χ4v) is 3.58. The number of hydrogen-bond acceptors (Lipinski definition) is 7. The van der Waals surface area contributed by atoms with Crippen LogP contribution in [-0.2, 0) is 0 Å². The minimum Gasteiger partial charge on any atom is -0.493 e. The molecular formula is C19H22N4O2S. The van der Waals surface area contributed by atoms with Gasteiger partial charge in [-0.3, -0.25) is 5.43 Å². The summed E-state index contributed by atoms with van der Waals surface area (Å²) in [6, 6.07) is 5.71. The second kappa shape index (κ2) is 7.70. The lowest BCUT2D eigenvalue weighted by molar-refractivity contribution is 0.230. The molecule has 0 bridgehead atoms. The van der Waals surface area contributed by atoms with Crippen molar-refractivity contribution in [2.75, 3.05) is 12.5 Å². The molecule has 0 amide bonds. The van der Waals surface area contributed by atoms with Crippen LogP contribution in [-0.4, -0.2) is 29.4 Å². The molecule has 6 nitrogen and oxygen atoms in total. The predicted octanol–water partition coefficient (Wildman–Crippen LogP) is 4.55. The second-order valence-electron chi connectivity index (χ2n) is 6.10. The number of hydrazone groups is 1. The van der Waals surface area contributed by atoms with Gasteiger partial charge in [0.1, 0.15) is 11.2 Å². The normalized spacial score (nSPS) is 11.5. The number of aromatic nitrogens is 2. The molecule has 3 aromatic rings. The van der Waals surface area contributed by atoms with Crippen LogP contribution in [0.5, 0.6) is 11.5 Å². The van der Waals surface area contributed by atoms with E-state index in [1.807, 2.05) is 32.0 Å². The smallest absolute Gasteiger partial charge is 0.170 e. The number of benzene rings is 1. The number of anilines is 1. The van der Waals surface area contributed by atoms with Crippen molar-refractivity contribution in [3.8, 4) is 11.5 Å². The van der Waals surface area contributed by atoms with E-state index in [1.165, 1.54) is 10.4 Å². The Kier molecular flexibility index (Phi) is 5.37. The van der Waals surface area contributed by atoms with Crippen LogP contribution in [0.2, 0.25) is 0 Å². The summed E-state index contributed by atoms with van der Waals surface area (Å²) in [5, 5.41) is 5.37. The average molecular weight is 370 g/mol. The molecule has 0 saturated heterocycles. The summed E-state index contributed by atoms with van der Waals surface area (Å²) in [6.45, 7) is 8.11. The molecule has 0 spiro atoms. The van der Waals surface area contributed by atoms with Gasteiger partial charge in [-0.05, 0) is 45.4 Å². The van der Waals surface area contributed by atoms with Gasteiger partial charge in [0.25, 0.3) is 0 Å². The first-order chi connectivity index (χ1) is 12.5. The third-order valence-electron chi connectivity index (χ3n) is 3.92. The molecule has 0 radical (unpaired) electrons. The quantitative estimate of drug-likeness (QED) is 0.509. The highest BCUT2D eigenvalue weighted by atomic mass is 32.1. The number of methoxy groups -OCH3 is 1. The molecule has 136 valence electrons. The average Bonchev–Trinajstić information content (AvgIpc) is 2.91. The van der Waals surface area contributed by atoms with Crippen molar-refractivity contribution >= 4 is 33.6 Å². The second-order valence-corrected chi connectivity index (χ2v) is 7.30. The Balaban J connectivity index is 1.90. The van der Waals surface area contributed by atoms with Crippen LogP contribution in [0.1, 0.15) is 29.9 Å². The summed E-state index contributed by atoms with van der Waals surface area (Å²) in [6.07, 6.45) is 3.29. The highest BCUT2D eigenvalue weighted by molar-refractivity contribution is 7.18. The van der Waals surface area contributed by atoms with E-state index >= 15 is 0 Å². The number of nitrogens with one attached hydrogen (secondary N) is 1. The zero-order valence-corrected chi connectivity index (χ0v) is 16.3. The van der Waals surface area contributed by atoms with Crippen molar-refractivity contribution in [2.24, 2.45) is 5.10 Å². The highest BCUT2D eigenvalue weighted by Crippen LogP contribution is 2.33. The Morgan fingerprint density at radius 2 is 2.04 bits per heavy atom. The van der Waals surface area contributed by atoms with E-state index in [9.17, 15) is 0 Å². The zero-order valence-electron chi connectivity index (χ0n) is 15.5. The van der Waals surface area contributed by atoms with Gasteiger partial charge >= 0.3 is 0 Å². The van der Waals surface area contributed by atoms with E-state index in [0.29, 0.717) is 17.3 Å². The fraction of sp³-hybridized carbons (Fsp3) is 0.316. The molecule has 0 fully saturated rings. The molecule has 1 N–H and O–H groups in total. The van der Waals surface area contributed by atoms with E-state index in [2.05, 4.69) is 34.3 Å². The van der Waals surface area contributed by atoms with Gasteiger partial charge < -0.3 is 9.47 Å². The van der Waals surface area contributed by atoms with Crippen LogP contribution in [0.3, 0.4) is 0 Å². The maximum absolute atomic E-state index is 5.89. The Morgan fingerprint density at radius 3 is 2.77 bits per heavy atom. The Morgan fingerprint density at radius 1 is 1.23 bits per heavy atom. The molecule has 2 heterocycles. The number of nitrogens with zero attached hydrogens (tertiary/aromatic N) is 3. The minimum atomic E-state index is 0.0318. The third kappa shape index (κ3) is 3.62. The van der Waals surface area contributed by atoms with Crippen molar-refractivity contribution in [3.05, 3.63) is 40.5 Å². The molecule has 0 aliphatic carbocycles. The number of ether oxygens (including phenoxy) is 2. The number of hydrogen-bond donors (Lipinski definition) is 1. The fourth-order valence-electron chi connectivity index (χ4n) is 2.59. The molecule has 3 rings (SSSR count). The molecule has 0 saturated carbocycles. The summed E-state index contributed by atoms with van der Waals surface area (Å²) >= 11 is 1.66. The van der Waals surface area contributed by atoms with E-state index in [-0.39, 0.29) is 6.10 Å². The molecule has 0 atom stereocenters. The largest absolute Gasteiger partial charge is 0.493 e. The number of fused-ring (bicyclic) bond motifs is 1. The first-order valence-electron chi connectivity index (χ1n) is 8.34. The van der Waals surface area contributed by atoms with Gasteiger partial charge in [0.05, 0.1) is 24.8 Å². The van der Waals surface area contributed by atoms with E-state index in [1.54, 1.807) is 31.0 Å². The highest BCUT2D eigenvalue weighted by Gasteiger charge is 2.12. The Hall–Kier alpha value is -2.67. The minimum absolute atomic E-state index is 0.0318. The molecule has 0 unspecified atom stereocenters. The topological polar surface area (TPSA) is 68.6 Å². The van der Waals surface area contributed by atoms with Crippen LogP contribution in [0.15, 0.2) is 29.6 Å². The first-order valence-corrected chi connectivity index (χ1v) is 9.16. The monoisotopic (exact) mass is 370 g/mol. The van der Waals surface area contributed by atoms with Crippen LogP contribution in [0.4, 0.5) is 5.82 Å². The molecule has 0 aliphatic rings. The van der Waals surface area contributed by atoms with Gasteiger partial charge in [0, 0.05) is 10.4 Å². The van der Waals surface area contributed by atoms with Gasteiger partial charge in [-0.25, -0.2) is 9.97 Å². The third-order valence-corrected chi connectivity index (χ3v) is 5.04. The first kappa shape index (κ1) is 18.1. The number of thiophene rings is 1. The summed E-state index contributed by atoms with van der Waals surface area (Å²) in [7, 11) is 1.63. The van der Waals surface area contributed by atoms with Crippen LogP contribution < -0.4 is 14.9 Å². The van der Waals surface area contributed by atoms with Crippen molar-refractivity contribution < 1.29 is 9.47 Å². The standard InChI is InChI=1S/C19H22N4O2S/c1-11(2)25-17-14(7-6-8-15(17)24-5)9-22-23-18-16-12(3)13(4)26-19(16)21-10-20-18/h6-11H,1-5H3,(H,20,21,23)/b22-9-. The van der Waals surface area contributed by atoms with Crippen molar-refractivity contribution in [1.29, 1.82) is 0 Å². The summed E-state index contributed by atoms with van der Waals surface area (Å²) < 4.78 is 11.3. The Bertz CT molecular complexity index is 950. The lowest BCUT2D eigenvalue weighted by Crippen LogP contribution is -2.09. The molecule has 7 heteroatoms. The van der Waals surface area contributed by atoms with E-state index in [0.717, 1.165) is 15.8 Å². The van der Waals surface area contributed by atoms with Crippen molar-refractivity contribution in [1.82, 2.24) is 9.97 Å². The summed E-state index contributed by atoms with van der Waals surface area (Å²) in [5.41, 5.74) is 5.04. The SMILES string of the molecule is COc1cccc(/C=N\Nc2ncnc3sc(C)c(C)c23)c1OC(C)C. The number of para-hydroxylation sites is 1. The van der Waals surface area contributed by atoms with Crippen molar-refractivity contribution in [2.45, 2.75) is 33.8 Å². The maximum Gasteiger partial charge on any atom is 0.170 e. The summed E-state index contributed by atoms with van der Waals surface area (Å²) in [5.74, 6) is 2.05. The molecule has 0 aliphatic heterocycles. The predicted molar refractivity (Wildman–Crippen MR) is 107 cm³/mol. The summed E-state index contributed by atoms with van der Waals surface area (Å²) in [4.78, 5) is 10.9. The van der Waals surface area contributed by atoms with Gasteiger partial charge in [-0.15, -0.1) is 11.3 Å². The van der Waals surface area contributed by atoms with Crippen LogP contribution in [0.25, 0.3) is 10.2 Å². The lowest BCUT2D eigenvalue weighted by atomic mass is 10.2. The van der Waals surface area contributed by atoms with Gasteiger partial charge in [-0.2, -0.15) is 5.10 Å². The molecule has 1 aromatic carbocycles. The van der Waals surface area contributed by atoms with Crippen molar-refractivity contribution in [3.63, 3.8) is 0 Å². The maximum atomic E-state index is 5.89. The van der Waals surface area contributed by atoms with E-state index in [4.69, 9.17) is 9.47 Å². The molecule has 2 aromatic heterocycles. The van der Waals surface area contributed by atoms with Gasteiger partial charge in [0.15, 0.2) is 17.3 Å². The van der Waals surface area contributed by atoms with Crippen LogP contribution in [0, 0.1) is 13.8 Å².